The van der Waals surface area contributed by atoms with Gasteiger partial charge in [0.2, 0.25) is 0 Å². The molecule has 4 nitrogen and oxygen atoms in total. The number of hydrogen-bond acceptors (Lipinski definition) is 3. The number of aryl methyl sites for hydroxylation is 1. The van der Waals surface area contributed by atoms with Crippen LogP contribution in [0.15, 0.2) is 24.3 Å². The minimum atomic E-state index is -0.302. The van der Waals surface area contributed by atoms with Crippen LogP contribution in [-0.4, -0.2) is 43.3 Å². The molecule has 0 spiro atoms. The summed E-state index contributed by atoms with van der Waals surface area (Å²) in [5.74, 6) is 0.463. The van der Waals surface area contributed by atoms with E-state index >= 15 is 0 Å². The maximum Gasteiger partial charge on any atom is 0.407 e. The Bertz CT molecular complexity index is 476. The Morgan fingerprint density at radius 1 is 1.38 bits per heavy atom. The van der Waals surface area contributed by atoms with Gasteiger partial charge in [-0.1, -0.05) is 36.8 Å². The second-order valence-electron chi connectivity index (χ2n) is 5.76. The number of piperidine rings is 1. The molecule has 0 bridgehead atoms. The van der Waals surface area contributed by atoms with Crippen molar-refractivity contribution in [3.8, 4) is 0 Å². The Labute approximate surface area is 127 Å². The number of nitrogens with zero attached hydrogens (tertiary/aromatic N) is 1. The first kappa shape index (κ1) is 15.8. The molecule has 1 fully saturated rings. The van der Waals surface area contributed by atoms with Crippen LogP contribution in [0.25, 0.3) is 0 Å². The van der Waals surface area contributed by atoms with E-state index in [1.165, 1.54) is 11.1 Å². The molecule has 1 aliphatic heterocycles. The van der Waals surface area contributed by atoms with Gasteiger partial charge >= 0.3 is 6.09 Å². The summed E-state index contributed by atoms with van der Waals surface area (Å²) in [5.41, 5.74) is 2.65. The first-order valence-electron chi connectivity index (χ1n) is 7.84. The van der Waals surface area contributed by atoms with Crippen LogP contribution in [0.4, 0.5) is 4.79 Å². The minimum absolute atomic E-state index is 0.156. The summed E-state index contributed by atoms with van der Waals surface area (Å²) in [5, 5.41) is 3.00. The Morgan fingerprint density at radius 3 is 2.86 bits per heavy atom. The fraction of sp³-hybridized carbons (Fsp3) is 0.588. The molecule has 2 unspecified atom stereocenters. The minimum Gasteiger partial charge on any atom is -0.450 e. The summed E-state index contributed by atoms with van der Waals surface area (Å²) in [4.78, 5) is 14.0. The SMILES string of the molecule is CCOC(=O)NC1CC(c2cccc(C)c2)CN(CC)C1. The van der Waals surface area contributed by atoms with E-state index in [1.54, 1.807) is 0 Å². The molecule has 1 N–H and O–H groups in total. The lowest BCUT2D eigenvalue weighted by atomic mass is 9.87. The lowest BCUT2D eigenvalue weighted by Gasteiger charge is -2.37. The van der Waals surface area contributed by atoms with E-state index in [2.05, 4.69) is 48.3 Å². The molecule has 1 aromatic carbocycles. The largest absolute Gasteiger partial charge is 0.450 e. The van der Waals surface area contributed by atoms with Crippen molar-refractivity contribution in [2.45, 2.75) is 39.2 Å². The Balaban J connectivity index is 2.06. The van der Waals surface area contributed by atoms with Gasteiger partial charge in [-0.2, -0.15) is 0 Å². The van der Waals surface area contributed by atoms with E-state index in [0.29, 0.717) is 12.5 Å². The molecule has 116 valence electrons. The van der Waals surface area contributed by atoms with Crippen LogP contribution in [0.2, 0.25) is 0 Å². The summed E-state index contributed by atoms with van der Waals surface area (Å²) in [6.07, 6.45) is 0.669. The average molecular weight is 290 g/mol. The maximum absolute atomic E-state index is 11.7. The molecule has 0 aromatic heterocycles. The van der Waals surface area contributed by atoms with Gasteiger partial charge in [0.1, 0.15) is 0 Å². The van der Waals surface area contributed by atoms with Crippen LogP contribution < -0.4 is 5.32 Å². The first-order chi connectivity index (χ1) is 10.1. The molecule has 1 saturated heterocycles. The smallest absolute Gasteiger partial charge is 0.407 e. The highest BCUT2D eigenvalue weighted by Crippen LogP contribution is 2.27. The second-order valence-corrected chi connectivity index (χ2v) is 5.76. The number of nitrogens with one attached hydrogen (secondary N) is 1. The molecule has 0 radical (unpaired) electrons. The first-order valence-corrected chi connectivity index (χ1v) is 7.84. The molecule has 1 heterocycles. The number of likely N-dealkylation sites (N-methyl/N-ethyl adjacent to an activating group) is 1. The zero-order chi connectivity index (χ0) is 15.2. The molecule has 2 rings (SSSR count). The van der Waals surface area contributed by atoms with Gasteiger partial charge in [0.05, 0.1) is 6.61 Å². The van der Waals surface area contributed by atoms with E-state index in [4.69, 9.17) is 4.74 Å². The highest BCUT2D eigenvalue weighted by Gasteiger charge is 2.28. The number of carbonyl (C=O) groups excluding carboxylic acids is 1. The van der Waals surface area contributed by atoms with E-state index < -0.39 is 0 Å². The van der Waals surface area contributed by atoms with Crippen molar-refractivity contribution in [2.75, 3.05) is 26.2 Å². The number of likely N-dealkylation sites (tertiary alicyclic amines) is 1. The Kier molecular flexibility index (Phi) is 5.62. The van der Waals surface area contributed by atoms with Crippen molar-refractivity contribution >= 4 is 6.09 Å². The fourth-order valence-corrected chi connectivity index (χ4v) is 3.06. The van der Waals surface area contributed by atoms with E-state index in [0.717, 1.165) is 26.1 Å². The Morgan fingerprint density at radius 2 is 2.19 bits per heavy atom. The quantitative estimate of drug-likeness (QED) is 0.927. The lowest BCUT2D eigenvalue weighted by molar-refractivity contribution is 0.131. The predicted molar refractivity (Wildman–Crippen MR) is 84.6 cm³/mol. The summed E-state index contributed by atoms with van der Waals surface area (Å²) < 4.78 is 5.01. The normalized spacial score (nSPS) is 22.8. The van der Waals surface area contributed by atoms with E-state index in [-0.39, 0.29) is 12.1 Å². The van der Waals surface area contributed by atoms with Gasteiger partial charge in [0, 0.05) is 19.1 Å². The molecule has 4 heteroatoms. The number of alkyl carbamates (subject to hydrolysis) is 1. The van der Waals surface area contributed by atoms with Crippen molar-refractivity contribution < 1.29 is 9.53 Å². The number of rotatable bonds is 4. The van der Waals surface area contributed by atoms with Crippen LogP contribution >= 0.6 is 0 Å². The molecule has 0 saturated carbocycles. The molecule has 1 aliphatic rings. The van der Waals surface area contributed by atoms with Crippen LogP contribution in [0.3, 0.4) is 0 Å². The van der Waals surface area contributed by atoms with Crippen molar-refractivity contribution in [1.82, 2.24) is 10.2 Å². The van der Waals surface area contributed by atoms with Gasteiger partial charge in [0.15, 0.2) is 0 Å². The second kappa shape index (κ2) is 7.46. The van der Waals surface area contributed by atoms with Crippen LogP contribution in [-0.2, 0) is 4.74 Å². The summed E-state index contributed by atoms with van der Waals surface area (Å²) in [7, 11) is 0. The number of benzene rings is 1. The lowest BCUT2D eigenvalue weighted by Crippen LogP contribution is -2.50. The number of hydrogen-bond donors (Lipinski definition) is 1. The molecule has 2 atom stereocenters. The van der Waals surface area contributed by atoms with E-state index in [9.17, 15) is 4.79 Å². The molecule has 21 heavy (non-hydrogen) atoms. The summed E-state index contributed by atoms with van der Waals surface area (Å²) in [6, 6.07) is 8.84. The zero-order valence-electron chi connectivity index (χ0n) is 13.3. The highest BCUT2D eigenvalue weighted by atomic mass is 16.5. The maximum atomic E-state index is 11.7. The molecule has 1 aromatic rings. The van der Waals surface area contributed by atoms with Gasteiger partial charge in [0.25, 0.3) is 0 Å². The van der Waals surface area contributed by atoms with Crippen LogP contribution in [0, 0.1) is 6.92 Å². The number of ether oxygens (including phenoxy) is 1. The highest BCUT2D eigenvalue weighted by molar-refractivity contribution is 5.67. The molecule has 1 amide bonds. The number of amides is 1. The molecular formula is C17H26N2O2. The van der Waals surface area contributed by atoms with Crippen LogP contribution in [0.1, 0.15) is 37.3 Å². The van der Waals surface area contributed by atoms with Gasteiger partial charge in [-0.15, -0.1) is 0 Å². The van der Waals surface area contributed by atoms with Crippen molar-refractivity contribution in [3.05, 3.63) is 35.4 Å². The third-order valence-corrected chi connectivity index (χ3v) is 4.08. The fourth-order valence-electron chi connectivity index (χ4n) is 3.06. The van der Waals surface area contributed by atoms with Gasteiger partial charge in [-0.05, 0) is 38.3 Å². The zero-order valence-corrected chi connectivity index (χ0v) is 13.3. The third kappa shape index (κ3) is 4.46. The summed E-state index contributed by atoms with van der Waals surface area (Å²) in [6.45, 7) is 9.49. The van der Waals surface area contributed by atoms with Gasteiger partial charge < -0.3 is 15.0 Å². The van der Waals surface area contributed by atoms with Gasteiger partial charge in [-0.3, -0.25) is 0 Å². The van der Waals surface area contributed by atoms with Crippen molar-refractivity contribution in [2.24, 2.45) is 0 Å². The molecule has 0 aliphatic carbocycles. The topological polar surface area (TPSA) is 41.6 Å². The summed E-state index contributed by atoms with van der Waals surface area (Å²) >= 11 is 0. The van der Waals surface area contributed by atoms with E-state index in [1.807, 2.05) is 6.92 Å². The monoisotopic (exact) mass is 290 g/mol. The third-order valence-electron chi connectivity index (χ3n) is 4.08. The average Bonchev–Trinajstić information content (AvgIpc) is 2.47. The Hall–Kier alpha value is -1.55. The predicted octanol–water partition coefficient (Wildman–Crippen LogP) is 2.92. The van der Waals surface area contributed by atoms with Gasteiger partial charge in [-0.25, -0.2) is 4.79 Å². The standard InChI is InChI=1S/C17H26N2O2/c1-4-19-11-15(14-8-6-7-13(3)9-14)10-16(12-19)18-17(20)21-5-2/h6-9,15-16H,4-5,10-12H2,1-3H3,(H,18,20). The molecular weight excluding hydrogens is 264 g/mol. The van der Waals surface area contributed by atoms with Crippen LogP contribution in [0.5, 0.6) is 0 Å². The van der Waals surface area contributed by atoms with Crippen molar-refractivity contribution in [3.63, 3.8) is 0 Å². The number of carbonyl (C=O) groups is 1. The van der Waals surface area contributed by atoms with Crippen molar-refractivity contribution in [1.29, 1.82) is 0 Å².